The summed E-state index contributed by atoms with van der Waals surface area (Å²) in [6.45, 7) is 3.89. The van der Waals surface area contributed by atoms with E-state index in [1.165, 1.54) is 11.3 Å². The van der Waals surface area contributed by atoms with Crippen LogP contribution in [0.25, 0.3) is 0 Å². The Morgan fingerprint density at radius 2 is 2.27 bits per heavy atom. The van der Waals surface area contributed by atoms with Crippen molar-refractivity contribution in [3.8, 4) is 5.19 Å². The lowest BCUT2D eigenvalue weighted by Crippen LogP contribution is -2.04. The molecule has 0 saturated heterocycles. The van der Waals surface area contributed by atoms with Crippen LogP contribution in [0.15, 0.2) is 0 Å². The minimum atomic E-state index is 0.145. The van der Waals surface area contributed by atoms with Crippen molar-refractivity contribution in [1.82, 2.24) is 10.2 Å². The highest BCUT2D eigenvalue weighted by Gasteiger charge is 2.04. The van der Waals surface area contributed by atoms with Gasteiger partial charge in [-0.1, -0.05) is 11.3 Å². The maximum Gasteiger partial charge on any atom is 0.294 e. The van der Waals surface area contributed by atoms with Crippen molar-refractivity contribution < 1.29 is 4.74 Å². The second kappa shape index (κ2) is 3.88. The first kappa shape index (κ1) is 8.74. The van der Waals surface area contributed by atoms with Crippen LogP contribution in [-0.4, -0.2) is 16.3 Å². The van der Waals surface area contributed by atoms with Crippen LogP contribution in [0, 0.1) is 0 Å². The number of hydrogen-bond acceptors (Lipinski definition) is 4. The van der Waals surface area contributed by atoms with Crippen molar-refractivity contribution in [2.75, 3.05) is 0 Å². The number of nitrogens with zero attached hydrogens (tertiary/aromatic N) is 2. The average molecular weight is 193 g/mol. The van der Waals surface area contributed by atoms with Gasteiger partial charge in [-0.3, -0.25) is 0 Å². The fraction of sp³-hybridized carbons (Fsp3) is 0.667. The molecule has 1 aromatic rings. The van der Waals surface area contributed by atoms with Gasteiger partial charge in [-0.05, 0) is 13.8 Å². The molecule has 1 rings (SSSR count). The smallest absolute Gasteiger partial charge is 0.294 e. The summed E-state index contributed by atoms with van der Waals surface area (Å²) in [7, 11) is 0. The minimum Gasteiger partial charge on any atom is -0.466 e. The predicted molar refractivity (Wildman–Crippen MR) is 45.2 cm³/mol. The largest absolute Gasteiger partial charge is 0.466 e. The second-order valence-electron chi connectivity index (χ2n) is 2.26. The van der Waals surface area contributed by atoms with Crippen molar-refractivity contribution in [3.05, 3.63) is 5.01 Å². The summed E-state index contributed by atoms with van der Waals surface area (Å²) in [6.07, 6.45) is 0.145. The van der Waals surface area contributed by atoms with E-state index >= 15 is 0 Å². The summed E-state index contributed by atoms with van der Waals surface area (Å²) >= 11 is 6.91. The Bertz CT molecular complexity index is 226. The Morgan fingerprint density at radius 1 is 1.55 bits per heavy atom. The Hall–Kier alpha value is -0.350. The summed E-state index contributed by atoms with van der Waals surface area (Å²) in [6, 6.07) is 0. The molecule has 0 fully saturated rings. The summed E-state index contributed by atoms with van der Waals surface area (Å²) in [5.74, 6) is 0.402. The Labute approximate surface area is 74.4 Å². The van der Waals surface area contributed by atoms with Crippen molar-refractivity contribution in [3.63, 3.8) is 0 Å². The van der Waals surface area contributed by atoms with Crippen LogP contribution >= 0.6 is 22.9 Å². The zero-order chi connectivity index (χ0) is 8.27. The third-order valence-electron chi connectivity index (χ3n) is 0.899. The fourth-order valence-electron chi connectivity index (χ4n) is 0.541. The van der Waals surface area contributed by atoms with Gasteiger partial charge in [0.15, 0.2) is 0 Å². The Balaban J connectivity index is 2.58. The number of hydrogen-bond donors (Lipinski definition) is 0. The van der Waals surface area contributed by atoms with Crippen molar-refractivity contribution in [2.45, 2.75) is 25.8 Å². The zero-order valence-corrected chi connectivity index (χ0v) is 7.95. The van der Waals surface area contributed by atoms with E-state index in [0.717, 1.165) is 5.01 Å². The van der Waals surface area contributed by atoms with Crippen LogP contribution in [0.1, 0.15) is 18.9 Å². The van der Waals surface area contributed by atoms with Gasteiger partial charge in [0.1, 0.15) is 5.01 Å². The van der Waals surface area contributed by atoms with Crippen LogP contribution in [-0.2, 0) is 5.88 Å². The van der Waals surface area contributed by atoms with E-state index < -0.39 is 0 Å². The van der Waals surface area contributed by atoms with Crippen molar-refractivity contribution in [1.29, 1.82) is 0 Å². The van der Waals surface area contributed by atoms with Gasteiger partial charge in [0, 0.05) is 0 Å². The molecule has 62 valence electrons. The quantitative estimate of drug-likeness (QED) is 0.688. The van der Waals surface area contributed by atoms with Gasteiger partial charge in [0.2, 0.25) is 0 Å². The van der Waals surface area contributed by atoms with E-state index in [0.29, 0.717) is 11.1 Å². The van der Waals surface area contributed by atoms with Crippen LogP contribution in [0.4, 0.5) is 0 Å². The van der Waals surface area contributed by atoms with Gasteiger partial charge in [0.05, 0.1) is 12.0 Å². The first-order valence-electron chi connectivity index (χ1n) is 3.27. The molecular formula is C6H9ClN2OS. The maximum atomic E-state index is 5.53. The standard InChI is InChI=1S/C6H9ClN2OS/c1-4(2)10-6-9-8-5(3-7)11-6/h4H,3H2,1-2H3. The van der Waals surface area contributed by atoms with E-state index in [-0.39, 0.29) is 6.10 Å². The molecule has 0 aromatic carbocycles. The zero-order valence-electron chi connectivity index (χ0n) is 6.37. The molecule has 0 aliphatic rings. The van der Waals surface area contributed by atoms with Crippen molar-refractivity contribution in [2.24, 2.45) is 0 Å². The molecule has 0 atom stereocenters. The molecule has 3 nitrogen and oxygen atoms in total. The van der Waals surface area contributed by atoms with Gasteiger partial charge < -0.3 is 4.74 Å². The molecule has 11 heavy (non-hydrogen) atoms. The maximum absolute atomic E-state index is 5.53. The van der Waals surface area contributed by atoms with Gasteiger partial charge in [-0.15, -0.1) is 21.8 Å². The van der Waals surface area contributed by atoms with E-state index in [9.17, 15) is 0 Å². The van der Waals surface area contributed by atoms with E-state index in [2.05, 4.69) is 10.2 Å². The van der Waals surface area contributed by atoms with E-state index in [1.54, 1.807) is 0 Å². The van der Waals surface area contributed by atoms with Gasteiger partial charge in [0.25, 0.3) is 5.19 Å². The molecule has 0 unspecified atom stereocenters. The lowest BCUT2D eigenvalue weighted by Gasteiger charge is -2.02. The number of aromatic nitrogens is 2. The predicted octanol–water partition coefficient (Wildman–Crippen LogP) is 2.06. The molecule has 0 bridgehead atoms. The fourth-order valence-corrected chi connectivity index (χ4v) is 1.42. The molecule has 0 radical (unpaired) electrons. The molecule has 0 N–H and O–H groups in total. The number of halogens is 1. The van der Waals surface area contributed by atoms with Crippen LogP contribution in [0.5, 0.6) is 5.19 Å². The highest BCUT2D eigenvalue weighted by Crippen LogP contribution is 2.19. The highest BCUT2D eigenvalue weighted by molar-refractivity contribution is 7.13. The summed E-state index contributed by atoms with van der Waals surface area (Å²) in [5, 5.41) is 8.98. The van der Waals surface area contributed by atoms with Crippen molar-refractivity contribution >= 4 is 22.9 Å². The van der Waals surface area contributed by atoms with Gasteiger partial charge in [-0.2, -0.15) is 0 Å². The molecule has 1 heterocycles. The summed E-state index contributed by atoms with van der Waals surface area (Å²) < 4.78 is 5.28. The molecule has 0 spiro atoms. The molecule has 5 heteroatoms. The average Bonchev–Trinajstić information content (AvgIpc) is 2.34. The van der Waals surface area contributed by atoms with Crippen LogP contribution < -0.4 is 4.74 Å². The first-order chi connectivity index (χ1) is 5.22. The SMILES string of the molecule is CC(C)Oc1nnc(CCl)s1. The van der Waals surface area contributed by atoms with Crippen LogP contribution in [0.2, 0.25) is 0 Å². The molecule has 1 aromatic heterocycles. The Morgan fingerprint density at radius 3 is 2.73 bits per heavy atom. The van der Waals surface area contributed by atoms with Gasteiger partial charge in [-0.25, -0.2) is 0 Å². The van der Waals surface area contributed by atoms with E-state index in [1.807, 2.05) is 13.8 Å². The molecule has 0 aliphatic carbocycles. The topological polar surface area (TPSA) is 35.0 Å². The lowest BCUT2D eigenvalue weighted by molar-refractivity contribution is 0.239. The van der Waals surface area contributed by atoms with Gasteiger partial charge >= 0.3 is 0 Å². The molecular weight excluding hydrogens is 184 g/mol. The molecule has 0 saturated carbocycles. The number of rotatable bonds is 3. The lowest BCUT2D eigenvalue weighted by atomic mass is 10.5. The molecule has 0 amide bonds. The number of ether oxygens (including phenoxy) is 1. The summed E-state index contributed by atoms with van der Waals surface area (Å²) in [5.41, 5.74) is 0. The van der Waals surface area contributed by atoms with E-state index in [4.69, 9.17) is 16.3 Å². The third kappa shape index (κ3) is 2.63. The number of alkyl halides is 1. The highest BCUT2D eigenvalue weighted by atomic mass is 35.5. The normalized spacial score (nSPS) is 10.5. The monoisotopic (exact) mass is 192 g/mol. The first-order valence-corrected chi connectivity index (χ1v) is 4.62. The van der Waals surface area contributed by atoms with Crippen LogP contribution in [0.3, 0.4) is 0 Å². The molecule has 0 aliphatic heterocycles. The third-order valence-corrected chi connectivity index (χ3v) is 2.12. The Kier molecular flexibility index (Phi) is 3.08. The summed E-state index contributed by atoms with van der Waals surface area (Å²) in [4.78, 5) is 0. The second-order valence-corrected chi connectivity index (χ2v) is 3.55. The minimum absolute atomic E-state index is 0.145.